The molecule has 0 aromatic carbocycles. The van der Waals surface area contributed by atoms with E-state index >= 15 is 0 Å². The number of hydrogen-bond donors (Lipinski definition) is 0. The molecule has 0 rings (SSSR count). The fourth-order valence-electron chi connectivity index (χ4n) is 7.60. The molecule has 0 heterocycles. The Morgan fingerprint density at radius 3 is 1.00 bits per heavy atom. The van der Waals surface area contributed by atoms with Gasteiger partial charge in [0.1, 0.15) is 13.2 Å². The van der Waals surface area contributed by atoms with Gasteiger partial charge in [-0.15, -0.1) is 0 Å². The van der Waals surface area contributed by atoms with Crippen molar-refractivity contribution in [2.45, 2.75) is 285 Å². The van der Waals surface area contributed by atoms with Crippen molar-refractivity contribution >= 4 is 17.9 Å². The van der Waals surface area contributed by atoms with Gasteiger partial charge in [-0.1, -0.05) is 240 Å². The van der Waals surface area contributed by atoms with E-state index in [4.69, 9.17) is 14.2 Å². The summed E-state index contributed by atoms with van der Waals surface area (Å²) in [6.07, 6.45) is 43.6. The molecule has 0 saturated carbocycles. The van der Waals surface area contributed by atoms with Crippen molar-refractivity contribution in [3.63, 3.8) is 0 Å². The van der Waals surface area contributed by atoms with Crippen LogP contribution in [0.15, 0.2) is 0 Å². The highest BCUT2D eigenvalue weighted by Gasteiger charge is 2.19. The zero-order valence-corrected chi connectivity index (χ0v) is 39.0. The van der Waals surface area contributed by atoms with Gasteiger partial charge in [-0.25, -0.2) is 0 Å². The van der Waals surface area contributed by atoms with Crippen molar-refractivity contribution in [3.05, 3.63) is 0 Å². The third kappa shape index (κ3) is 43.8. The van der Waals surface area contributed by atoms with Crippen LogP contribution >= 0.6 is 0 Å². The first-order valence-electron chi connectivity index (χ1n) is 25.3. The fraction of sp³-hybridized carbons (Fsp3) is 0.941. The highest BCUT2D eigenvalue weighted by molar-refractivity contribution is 5.71. The van der Waals surface area contributed by atoms with Gasteiger partial charge in [-0.3, -0.25) is 14.4 Å². The van der Waals surface area contributed by atoms with Gasteiger partial charge in [0, 0.05) is 19.3 Å². The smallest absolute Gasteiger partial charge is 0.306 e. The lowest BCUT2D eigenvalue weighted by Gasteiger charge is -2.18. The number of ether oxygens (including phenoxy) is 3. The van der Waals surface area contributed by atoms with E-state index in [9.17, 15) is 14.4 Å². The van der Waals surface area contributed by atoms with Crippen molar-refractivity contribution in [3.8, 4) is 0 Å². The molecule has 6 heteroatoms. The predicted octanol–water partition coefficient (Wildman–Crippen LogP) is 16.1. The maximum atomic E-state index is 12.8. The lowest BCUT2D eigenvalue weighted by Crippen LogP contribution is -2.30. The van der Waals surface area contributed by atoms with Crippen LogP contribution in [0, 0.1) is 11.8 Å². The molecular weight excluding hydrogens is 709 g/mol. The van der Waals surface area contributed by atoms with Gasteiger partial charge in [-0.2, -0.15) is 0 Å². The first kappa shape index (κ1) is 55.4. The summed E-state index contributed by atoms with van der Waals surface area (Å²) in [5, 5.41) is 0. The Hall–Kier alpha value is -1.59. The SMILES string of the molecule is CCCCCCCCCCCCCCC(=O)OC[C@H](COC(=O)CCCCCCCCCCCCC(C)CC)OC(=O)CCCCCCCCCCCCC(C)C. The minimum atomic E-state index is -0.761. The molecule has 0 aromatic heterocycles. The summed E-state index contributed by atoms with van der Waals surface area (Å²) in [5.74, 6) is 0.835. The third-order valence-electron chi connectivity index (χ3n) is 11.8. The van der Waals surface area contributed by atoms with Crippen LogP contribution in [-0.4, -0.2) is 37.2 Å². The summed E-state index contributed by atoms with van der Waals surface area (Å²) in [5.41, 5.74) is 0. The van der Waals surface area contributed by atoms with Gasteiger partial charge in [0.25, 0.3) is 0 Å². The van der Waals surface area contributed by atoms with Gasteiger partial charge in [0.2, 0.25) is 0 Å². The molecule has 0 aliphatic heterocycles. The lowest BCUT2D eigenvalue weighted by molar-refractivity contribution is -0.167. The minimum Gasteiger partial charge on any atom is -0.462 e. The normalized spacial score (nSPS) is 12.5. The first-order valence-corrected chi connectivity index (χ1v) is 25.3. The van der Waals surface area contributed by atoms with Crippen molar-refractivity contribution in [1.82, 2.24) is 0 Å². The first-order chi connectivity index (χ1) is 27.8. The predicted molar refractivity (Wildman–Crippen MR) is 243 cm³/mol. The van der Waals surface area contributed by atoms with Crippen molar-refractivity contribution in [1.29, 1.82) is 0 Å². The van der Waals surface area contributed by atoms with Crippen LogP contribution in [0.5, 0.6) is 0 Å². The maximum Gasteiger partial charge on any atom is 0.306 e. The van der Waals surface area contributed by atoms with E-state index in [1.165, 1.54) is 167 Å². The molecule has 57 heavy (non-hydrogen) atoms. The molecule has 0 aromatic rings. The highest BCUT2D eigenvalue weighted by Crippen LogP contribution is 2.18. The van der Waals surface area contributed by atoms with Gasteiger partial charge in [0.15, 0.2) is 6.10 Å². The topological polar surface area (TPSA) is 78.9 Å². The Labute approximate surface area is 355 Å². The van der Waals surface area contributed by atoms with Gasteiger partial charge in [0.05, 0.1) is 0 Å². The lowest BCUT2D eigenvalue weighted by atomic mass is 9.99. The second-order valence-corrected chi connectivity index (χ2v) is 18.2. The average Bonchev–Trinajstić information content (AvgIpc) is 3.19. The molecular formula is C51H98O6. The molecule has 2 atom stereocenters. The molecule has 0 amide bonds. The van der Waals surface area contributed by atoms with E-state index < -0.39 is 6.10 Å². The monoisotopic (exact) mass is 807 g/mol. The molecule has 0 saturated heterocycles. The average molecular weight is 807 g/mol. The number of carbonyl (C=O) groups excluding carboxylic acids is 3. The Kier molecular flexibility index (Phi) is 42.7. The standard InChI is InChI=1S/C51H98O6/c1-6-8-9-10-11-12-13-14-21-26-31-36-41-49(52)55-44-48(57-51(54)43-38-33-28-23-17-15-19-24-29-34-39-46(3)4)45-56-50(53)42-37-32-27-22-18-16-20-25-30-35-40-47(5)7-2/h46-48H,6-45H2,1-5H3/t47?,48-/m1/s1. The zero-order valence-electron chi connectivity index (χ0n) is 39.0. The van der Waals surface area contributed by atoms with Crippen LogP contribution in [0.4, 0.5) is 0 Å². The van der Waals surface area contributed by atoms with E-state index in [2.05, 4.69) is 34.6 Å². The summed E-state index contributed by atoms with van der Waals surface area (Å²) in [6, 6.07) is 0. The quantitative estimate of drug-likeness (QED) is 0.0346. The van der Waals surface area contributed by atoms with E-state index in [1.54, 1.807) is 0 Å². The number of carbonyl (C=O) groups is 3. The molecule has 0 radical (unpaired) electrons. The molecule has 0 aliphatic carbocycles. The van der Waals surface area contributed by atoms with Crippen LogP contribution in [0.3, 0.4) is 0 Å². The summed E-state index contributed by atoms with van der Waals surface area (Å²) in [7, 11) is 0. The van der Waals surface area contributed by atoms with Gasteiger partial charge >= 0.3 is 17.9 Å². The molecule has 0 aliphatic rings. The summed E-state index contributed by atoms with van der Waals surface area (Å²) in [6.45, 7) is 11.4. The summed E-state index contributed by atoms with van der Waals surface area (Å²) in [4.78, 5) is 37.9. The van der Waals surface area contributed by atoms with Crippen LogP contribution in [0.25, 0.3) is 0 Å². The van der Waals surface area contributed by atoms with E-state index in [0.29, 0.717) is 19.3 Å². The molecule has 0 fully saturated rings. The minimum absolute atomic E-state index is 0.0640. The van der Waals surface area contributed by atoms with E-state index in [-0.39, 0.29) is 31.1 Å². The van der Waals surface area contributed by atoms with Crippen LogP contribution < -0.4 is 0 Å². The van der Waals surface area contributed by atoms with Crippen LogP contribution in [0.1, 0.15) is 279 Å². The van der Waals surface area contributed by atoms with E-state index in [1.807, 2.05) is 0 Å². The Morgan fingerprint density at radius 1 is 0.368 bits per heavy atom. The molecule has 1 unspecified atom stereocenters. The number of esters is 3. The Balaban J connectivity index is 4.33. The Morgan fingerprint density at radius 2 is 0.667 bits per heavy atom. The molecule has 0 spiro atoms. The molecule has 0 N–H and O–H groups in total. The number of rotatable bonds is 45. The molecule has 338 valence electrons. The summed E-state index contributed by atoms with van der Waals surface area (Å²) >= 11 is 0. The van der Waals surface area contributed by atoms with Gasteiger partial charge in [-0.05, 0) is 31.1 Å². The largest absolute Gasteiger partial charge is 0.462 e. The third-order valence-corrected chi connectivity index (χ3v) is 11.8. The number of hydrogen-bond acceptors (Lipinski definition) is 6. The maximum absolute atomic E-state index is 12.8. The Bertz CT molecular complexity index is 872. The fourth-order valence-corrected chi connectivity index (χ4v) is 7.60. The van der Waals surface area contributed by atoms with Gasteiger partial charge < -0.3 is 14.2 Å². The second-order valence-electron chi connectivity index (χ2n) is 18.2. The van der Waals surface area contributed by atoms with E-state index in [0.717, 1.165) is 69.6 Å². The zero-order chi connectivity index (χ0) is 41.9. The summed E-state index contributed by atoms with van der Waals surface area (Å²) < 4.78 is 16.8. The molecule has 0 bridgehead atoms. The van der Waals surface area contributed by atoms with Crippen LogP contribution in [0.2, 0.25) is 0 Å². The van der Waals surface area contributed by atoms with Crippen molar-refractivity contribution in [2.24, 2.45) is 11.8 Å². The highest BCUT2D eigenvalue weighted by atomic mass is 16.6. The van der Waals surface area contributed by atoms with Crippen molar-refractivity contribution < 1.29 is 28.6 Å². The molecule has 6 nitrogen and oxygen atoms in total. The van der Waals surface area contributed by atoms with Crippen molar-refractivity contribution in [2.75, 3.05) is 13.2 Å². The number of unbranched alkanes of at least 4 members (excludes halogenated alkanes) is 29. The van der Waals surface area contributed by atoms with Crippen LogP contribution in [-0.2, 0) is 28.6 Å². The second kappa shape index (κ2) is 44.0.